The van der Waals surface area contributed by atoms with E-state index < -0.39 is 0 Å². The minimum Gasteiger partial charge on any atom is -0.423 e. The van der Waals surface area contributed by atoms with Crippen LogP contribution in [0.1, 0.15) is 84.4 Å². The monoisotopic (exact) mass is 416 g/mol. The Kier molecular flexibility index (Phi) is 5.99. The quantitative estimate of drug-likeness (QED) is 0.755. The molecule has 8 heteroatoms. The van der Waals surface area contributed by atoms with E-state index in [2.05, 4.69) is 10.2 Å². The highest BCUT2D eigenvalue weighted by molar-refractivity contribution is 7.12. The molecule has 2 aromatic heterocycles. The first-order valence-electron chi connectivity index (χ1n) is 10.5. The molecule has 2 amide bonds. The zero-order chi connectivity index (χ0) is 20.4. The summed E-state index contributed by atoms with van der Waals surface area (Å²) in [6.45, 7) is 6.09. The Labute approximate surface area is 175 Å². The molecule has 29 heavy (non-hydrogen) atoms. The van der Waals surface area contributed by atoms with Crippen molar-refractivity contribution in [1.29, 1.82) is 0 Å². The average Bonchev–Trinajstić information content (AvgIpc) is 3.42. The van der Waals surface area contributed by atoms with Crippen LogP contribution in [0.25, 0.3) is 0 Å². The Morgan fingerprint density at radius 1 is 1.14 bits per heavy atom. The zero-order valence-corrected chi connectivity index (χ0v) is 17.9. The summed E-state index contributed by atoms with van der Waals surface area (Å²) in [4.78, 5) is 29.5. The molecule has 0 N–H and O–H groups in total. The van der Waals surface area contributed by atoms with Crippen LogP contribution in [-0.2, 0) is 4.79 Å². The minimum absolute atomic E-state index is 0.0546. The highest BCUT2D eigenvalue weighted by atomic mass is 32.1. The lowest BCUT2D eigenvalue weighted by molar-refractivity contribution is -0.131. The largest absolute Gasteiger partial charge is 0.423 e. The normalized spacial score (nSPS) is 20.8. The fourth-order valence-corrected chi connectivity index (χ4v) is 5.11. The molecule has 2 aliphatic rings. The number of aryl methyl sites for hydroxylation is 1. The van der Waals surface area contributed by atoms with Crippen molar-refractivity contribution in [1.82, 2.24) is 20.0 Å². The first-order chi connectivity index (χ1) is 14.1. The van der Waals surface area contributed by atoms with Crippen molar-refractivity contribution in [3.05, 3.63) is 33.7 Å². The lowest BCUT2D eigenvalue weighted by Crippen LogP contribution is -2.38. The van der Waals surface area contributed by atoms with Crippen LogP contribution in [0.15, 0.2) is 15.9 Å². The third-order valence-electron chi connectivity index (χ3n) is 5.95. The van der Waals surface area contributed by atoms with Gasteiger partial charge in [-0.25, -0.2) is 0 Å². The molecular weight excluding hydrogens is 388 g/mol. The van der Waals surface area contributed by atoms with Crippen LogP contribution < -0.4 is 0 Å². The Balaban J connectivity index is 1.46. The van der Waals surface area contributed by atoms with Gasteiger partial charge in [0.2, 0.25) is 17.7 Å². The Bertz CT molecular complexity index is 869. The van der Waals surface area contributed by atoms with Crippen molar-refractivity contribution in [2.45, 2.75) is 64.3 Å². The van der Waals surface area contributed by atoms with E-state index in [4.69, 9.17) is 4.42 Å². The van der Waals surface area contributed by atoms with E-state index in [9.17, 15) is 9.59 Å². The zero-order valence-electron chi connectivity index (χ0n) is 17.1. The van der Waals surface area contributed by atoms with E-state index in [1.165, 1.54) is 11.3 Å². The third-order valence-corrected chi connectivity index (χ3v) is 6.98. The fourth-order valence-electron chi connectivity index (χ4n) is 4.26. The van der Waals surface area contributed by atoms with Crippen molar-refractivity contribution in [2.24, 2.45) is 0 Å². The third kappa shape index (κ3) is 4.22. The lowest BCUT2D eigenvalue weighted by Gasteiger charge is -2.33. The fraction of sp³-hybridized carbons (Fsp3) is 0.619. The van der Waals surface area contributed by atoms with Crippen LogP contribution in [0, 0.1) is 6.92 Å². The summed E-state index contributed by atoms with van der Waals surface area (Å²) in [6, 6.07) is 1.80. The molecule has 0 unspecified atom stereocenters. The molecule has 1 atom stereocenters. The number of hydrogen-bond acceptors (Lipinski definition) is 6. The van der Waals surface area contributed by atoms with Crippen molar-refractivity contribution >= 4 is 23.2 Å². The van der Waals surface area contributed by atoms with E-state index >= 15 is 0 Å². The molecule has 2 aliphatic heterocycles. The number of carbonyl (C=O) groups excluding carboxylic acids is 2. The molecule has 4 heterocycles. The van der Waals surface area contributed by atoms with Crippen LogP contribution in [0.5, 0.6) is 0 Å². The number of likely N-dealkylation sites (tertiary alicyclic amines) is 2. The number of nitrogens with zero attached hydrogens (tertiary/aromatic N) is 4. The minimum atomic E-state index is -0.151. The number of hydrogen-bond donors (Lipinski definition) is 0. The molecule has 0 aliphatic carbocycles. The highest BCUT2D eigenvalue weighted by Crippen LogP contribution is 2.34. The van der Waals surface area contributed by atoms with Gasteiger partial charge in [0.25, 0.3) is 5.91 Å². The number of aromatic nitrogens is 2. The van der Waals surface area contributed by atoms with Gasteiger partial charge in [-0.05, 0) is 56.0 Å². The molecule has 0 spiro atoms. The van der Waals surface area contributed by atoms with Gasteiger partial charge in [-0.2, -0.15) is 0 Å². The molecule has 2 saturated heterocycles. The molecule has 2 aromatic rings. The molecule has 4 rings (SSSR count). The smallest absolute Gasteiger partial charge is 0.264 e. The summed E-state index contributed by atoms with van der Waals surface area (Å²) in [5.41, 5.74) is 1.11. The summed E-state index contributed by atoms with van der Waals surface area (Å²) in [5.74, 6) is 1.64. The van der Waals surface area contributed by atoms with E-state index in [-0.39, 0.29) is 23.8 Å². The van der Waals surface area contributed by atoms with Gasteiger partial charge in [-0.1, -0.05) is 6.92 Å². The van der Waals surface area contributed by atoms with Crippen molar-refractivity contribution < 1.29 is 14.0 Å². The second-order valence-corrected chi connectivity index (χ2v) is 8.90. The van der Waals surface area contributed by atoms with Gasteiger partial charge in [-0.3, -0.25) is 9.59 Å². The van der Waals surface area contributed by atoms with Crippen molar-refractivity contribution in [3.8, 4) is 0 Å². The van der Waals surface area contributed by atoms with Gasteiger partial charge in [0, 0.05) is 32.0 Å². The second-order valence-electron chi connectivity index (χ2n) is 7.99. The number of piperidine rings is 2. The maximum Gasteiger partial charge on any atom is 0.264 e. The van der Waals surface area contributed by atoms with Gasteiger partial charge in [-0.15, -0.1) is 21.5 Å². The SMILES string of the molecule is CCC(=O)N1CCC(c2nnc([C@@H]3CCCCN3C(=O)c3cc(C)cs3)o2)CC1. The van der Waals surface area contributed by atoms with E-state index in [0.717, 1.165) is 62.2 Å². The summed E-state index contributed by atoms with van der Waals surface area (Å²) in [7, 11) is 0. The first kappa shape index (κ1) is 20.1. The molecule has 0 bridgehead atoms. The Morgan fingerprint density at radius 2 is 1.90 bits per heavy atom. The predicted octanol–water partition coefficient (Wildman–Crippen LogP) is 3.92. The second kappa shape index (κ2) is 8.65. The van der Waals surface area contributed by atoms with Crippen molar-refractivity contribution in [3.63, 3.8) is 0 Å². The summed E-state index contributed by atoms with van der Waals surface area (Å²) < 4.78 is 6.09. The molecule has 2 fully saturated rings. The Morgan fingerprint density at radius 3 is 2.59 bits per heavy atom. The van der Waals surface area contributed by atoms with Gasteiger partial charge >= 0.3 is 0 Å². The van der Waals surface area contributed by atoms with Crippen LogP contribution in [0.4, 0.5) is 0 Å². The summed E-state index contributed by atoms with van der Waals surface area (Å²) >= 11 is 1.49. The van der Waals surface area contributed by atoms with Gasteiger partial charge in [0.1, 0.15) is 6.04 Å². The van der Waals surface area contributed by atoms with E-state index in [1.54, 1.807) is 0 Å². The van der Waals surface area contributed by atoms with Crippen LogP contribution in [0.2, 0.25) is 0 Å². The maximum atomic E-state index is 13.0. The molecule has 0 saturated carbocycles. The standard InChI is InChI=1S/C21H28N4O3S/c1-3-18(26)24-10-7-15(8-11-24)19-22-23-20(28-19)16-6-4-5-9-25(16)21(27)17-12-14(2)13-29-17/h12-13,15-16H,3-11H2,1-2H3/t16-/m0/s1. The first-order valence-corrected chi connectivity index (χ1v) is 11.4. The van der Waals surface area contributed by atoms with Gasteiger partial charge in [0.05, 0.1) is 4.88 Å². The van der Waals surface area contributed by atoms with Crippen LogP contribution in [-0.4, -0.2) is 51.4 Å². The van der Waals surface area contributed by atoms with Gasteiger partial charge < -0.3 is 14.2 Å². The number of rotatable bonds is 4. The molecule has 0 radical (unpaired) electrons. The molecule has 156 valence electrons. The summed E-state index contributed by atoms with van der Waals surface area (Å²) in [5, 5.41) is 10.7. The number of thiophene rings is 1. The topological polar surface area (TPSA) is 79.5 Å². The van der Waals surface area contributed by atoms with Crippen molar-refractivity contribution in [2.75, 3.05) is 19.6 Å². The summed E-state index contributed by atoms with van der Waals surface area (Å²) in [6.07, 6.45) is 5.13. The van der Waals surface area contributed by atoms with E-state index in [0.29, 0.717) is 18.2 Å². The molecule has 0 aromatic carbocycles. The number of amides is 2. The number of carbonyl (C=O) groups is 2. The van der Waals surface area contributed by atoms with Crippen LogP contribution in [0.3, 0.4) is 0 Å². The predicted molar refractivity (Wildman–Crippen MR) is 110 cm³/mol. The molecule has 7 nitrogen and oxygen atoms in total. The Hall–Kier alpha value is -2.22. The maximum absolute atomic E-state index is 13.0. The van der Waals surface area contributed by atoms with Gasteiger partial charge in [0.15, 0.2) is 0 Å². The average molecular weight is 417 g/mol. The lowest BCUT2D eigenvalue weighted by atomic mass is 9.96. The van der Waals surface area contributed by atoms with Crippen LogP contribution >= 0.6 is 11.3 Å². The highest BCUT2D eigenvalue weighted by Gasteiger charge is 2.34. The van der Waals surface area contributed by atoms with E-state index in [1.807, 2.05) is 35.1 Å². The molecular formula is C21H28N4O3S.